The van der Waals surface area contributed by atoms with Gasteiger partial charge in [0.05, 0.1) is 10.9 Å². The zero-order valence-electron chi connectivity index (χ0n) is 11.9. The fourth-order valence-corrected chi connectivity index (χ4v) is 1.81. The van der Waals surface area contributed by atoms with E-state index in [-0.39, 0.29) is 5.56 Å². The Kier molecular flexibility index (Phi) is 4.66. The minimum Gasteiger partial charge on any atom is -0.451 e. The quantitative estimate of drug-likeness (QED) is 0.532. The van der Waals surface area contributed by atoms with Crippen LogP contribution in [0.25, 0.3) is 10.9 Å². The van der Waals surface area contributed by atoms with E-state index in [1.807, 2.05) is 6.92 Å². The number of hydrogen-bond acceptors (Lipinski definition) is 4. The molecule has 0 aliphatic rings. The number of aromatic nitrogens is 2. The summed E-state index contributed by atoms with van der Waals surface area (Å²) in [4.78, 5) is 30.5. The summed E-state index contributed by atoms with van der Waals surface area (Å²) in [7, 11) is 0. The van der Waals surface area contributed by atoms with E-state index in [2.05, 4.69) is 9.97 Å². The summed E-state index contributed by atoms with van der Waals surface area (Å²) in [6.45, 7) is 3.51. The Bertz CT molecular complexity index is 759. The molecule has 0 aliphatic carbocycles. The molecule has 2 aromatic rings. The SMILES string of the molecule is C/C=C/C=C/C(=O)O[C@@H](C)c1nc2ccccc2c(=O)[nH]1. The van der Waals surface area contributed by atoms with E-state index >= 15 is 0 Å². The number of hydrogen-bond donors (Lipinski definition) is 1. The first-order chi connectivity index (χ1) is 10.1. The first-order valence-corrected chi connectivity index (χ1v) is 6.60. The number of nitrogens with one attached hydrogen (secondary N) is 1. The number of fused-ring (bicyclic) bond motifs is 1. The molecule has 5 heteroatoms. The minimum atomic E-state index is -0.634. The predicted octanol–water partition coefficient (Wildman–Crippen LogP) is 2.66. The van der Waals surface area contributed by atoms with Crippen LogP contribution >= 0.6 is 0 Å². The highest BCUT2D eigenvalue weighted by molar-refractivity contribution is 5.82. The van der Waals surface area contributed by atoms with E-state index in [0.717, 1.165) is 0 Å². The molecule has 0 fully saturated rings. The molecule has 0 radical (unpaired) electrons. The van der Waals surface area contributed by atoms with Gasteiger partial charge in [0, 0.05) is 6.08 Å². The number of benzene rings is 1. The first kappa shape index (κ1) is 14.7. The van der Waals surface area contributed by atoms with Crippen molar-refractivity contribution in [2.45, 2.75) is 20.0 Å². The third-order valence-electron chi connectivity index (χ3n) is 2.85. The standard InChI is InChI=1S/C16H16N2O3/c1-3-4-5-10-14(19)21-11(2)15-17-13-9-7-6-8-12(13)16(20)18-15/h3-11H,1-2H3,(H,17,18,20)/b4-3+,10-5+/t11-/m0/s1. The first-order valence-electron chi connectivity index (χ1n) is 6.60. The van der Waals surface area contributed by atoms with E-state index in [4.69, 9.17) is 4.74 Å². The summed E-state index contributed by atoms with van der Waals surface area (Å²) in [5.74, 6) is -0.164. The Morgan fingerprint density at radius 3 is 2.86 bits per heavy atom. The molecule has 0 unspecified atom stereocenters. The third kappa shape index (κ3) is 3.66. The Labute approximate surface area is 122 Å². The molecule has 21 heavy (non-hydrogen) atoms. The van der Waals surface area contributed by atoms with Gasteiger partial charge in [0.15, 0.2) is 11.9 Å². The van der Waals surface area contributed by atoms with Crippen LogP contribution in [0, 0.1) is 0 Å². The molecule has 0 saturated carbocycles. The highest BCUT2D eigenvalue weighted by Crippen LogP contribution is 2.14. The molecular weight excluding hydrogens is 268 g/mol. The van der Waals surface area contributed by atoms with Gasteiger partial charge >= 0.3 is 5.97 Å². The fraction of sp³-hybridized carbons (Fsp3) is 0.188. The summed E-state index contributed by atoms with van der Waals surface area (Å²) < 4.78 is 5.19. The van der Waals surface area contributed by atoms with Crippen LogP contribution in [0.4, 0.5) is 0 Å². The van der Waals surface area contributed by atoms with Gasteiger partial charge in [-0.05, 0) is 26.0 Å². The van der Waals surface area contributed by atoms with Crippen LogP contribution in [0.5, 0.6) is 0 Å². The monoisotopic (exact) mass is 284 g/mol. The van der Waals surface area contributed by atoms with Gasteiger partial charge < -0.3 is 9.72 Å². The second-order valence-electron chi connectivity index (χ2n) is 4.43. The van der Waals surface area contributed by atoms with Crippen molar-refractivity contribution in [2.24, 2.45) is 0 Å². The Morgan fingerprint density at radius 2 is 2.10 bits per heavy atom. The van der Waals surface area contributed by atoms with Crippen molar-refractivity contribution in [3.8, 4) is 0 Å². The van der Waals surface area contributed by atoms with Crippen molar-refractivity contribution in [1.29, 1.82) is 0 Å². The lowest BCUT2D eigenvalue weighted by Crippen LogP contribution is -2.16. The number of H-pyrrole nitrogens is 1. The van der Waals surface area contributed by atoms with Gasteiger partial charge in [-0.3, -0.25) is 4.79 Å². The van der Waals surface area contributed by atoms with Crippen molar-refractivity contribution in [3.63, 3.8) is 0 Å². The van der Waals surface area contributed by atoms with Gasteiger partial charge in [0.1, 0.15) is 0 Å². The molecule has 0 spiro atoms. The molecule has 1 aromatic carbocycles. The number of para-hydroxylation sites is 1. The average Bonchev–Trinajstić information content (AvgIpc) is 2.47. The third-order valence-corrected chi connectivity index (χ3v) is 2.85. The number of ether oxygens (including phenoxy) is 1. The summed E-state index contributed by atoms with van der Waals surface area (Å²) in [6.07, 6.45) is 5.80. The topological polar surface area (TPSA) is 72.0 Å². The van der Waals surface area contributed by atoms with Gasteiger partial charge in [-0.2, -0.15) is 0 Å². The predicted molar refractivity (Wildman–Crippen MR) is 80.8 cm³/mol. The molecule has 5 nitrogen and oxygen atoms in total. The molecule has 0 bridgehead atoms. The van der Waals surface area contributed by atoms with Crippen LogP contribution in [0.2, 0.25) is 0 Å². The number of rotatable bonds is 4. The van der Waals surface area contributed by atoms with E-state index in [1.165, 1.54) is 6.08 Å². The van der Waals surface area contributed by atoms with Gasteiger partial charge in [-0.15, -0.1) is 0 Å². The molecular formula is C16H16N2O3. The summed E-state index contributed by atoms with van der Waals surface area (Å²) >= 11 is 0. The highest BCUT2D eigenvalue weighted by Gasteiger charge is 2.13. The van der Waals surface area contributed by atoms with Crippen LogP contribution < -0.4 is 5.56 Å². The lowest BCUT2D eigenvalue weighted by Gasteiger charge is -2.11. The summed E-state index contributed by atoms with van der Waals surface area (Å²) in [5, 5.41) is 0.507. The number of esters is 1. The maximum Gasteiger partial charge on any atom is 0.331 e. The van der Waals surface area contributed by atoms with Crippen LogP contribution in [-0.4, -0.2) is 15.9 Å². The van der Waals surface area contributed by atoms with E-state index < -0.39 is 12.1 Å². The second kappa shape index (κ2) is 6.65. The number of nitrogens with zero attached hydrogens (tertiary/aromatic N) is 1. The molecule has 1 aromatic heterocycles. The Morgan fingerprint density at radius 1 is 1.33 bits per heavy atom. The molecule has 1 N–H and O–H groups in total. The fourth-order valence-electron chi connectivity index (χ4n) is 1.81. The summed E-state index contributed by atoms with van der Waals surface area (Å²) in [5.41, 5.74) is 0.326. The molecule has 1 heterocycles. The van der Waals surface area contributed by atoms with Crippen molar-refractivity contribution in [2.75, 3.05) is 0 Å². The second-order valence-corrected chi connectivity index (χ2v) is 4.43. The largest absolute Gasteiger partial charge is 0.451 e. The number of carbonyl (C=O) groups excluding carboxylic acids is 1. The lowest BCUT2D eigenvalue weighted by molar-refractivity contribution is -0.142. The molecule has 1 atom stereocenters. The van der Waals surface area contributed by atoms with Crippen molar-refractivity contribution in [1.82, 2.24) is 9.97 Å². The highest BCUT2D eigenvalue weighted by atomic mass is 16.5. The van der Waals surface area contributed by atoms with Gasteiger partial charge in [-0.1, -0.05) is 30.4 Å². The molecule has 108 valence electrons. The Balaban J connectivity index is 2.21. The molecule has 0 aliphatic heterocycles. The van der Waals surface area contributed by atoms with Gasteiger partial charge in [0.25, 0.3) is 5.56 Å². The average molecular weight is 284 g/mol. The van der Waals surface area contributed by atoms with E-state index in [9.17, 15) is 9.59 Å². The van der Waals surface area contributed by atoms with Gasteiger partial charge in [0.2, 0.25) is 0 Å². The maximum atomic E-state index is 11.9. The Hall–Kier alpha value is -2.69. The van der Waals surface area contributed by atoms with Crippen LogP contribution in [0.1, 0.15) is 25.8 Å². The lowest BCUT2D eigenvalue weighted by atomic mass is 10.2. The normalized spacial score (nSPS) is 13.0. The summed E-state index contributed by atoms with van der Waals surface area (Å²) in [6, 6.07) is 7.01. The number of carbonyl (C=O) groups is 1. The van der Waals surface area contributed by atoms with Crippen molar-refractivity contribution < 1.29 is 9.53 Å². The van der Waals surface area contributed by atoms with Gasteiger partial charge in [-0.25, -0.2) is 9.78 Å². The van der Waals surface area contributed by atoms with Crippen LogP contribution in [0.15, 0.2) is 53.4 Å². The molecule has 0 saturated heterocycles. The smallest absolute Gasteiger partial charge is 0.331 e. The number of allylic oxidation sites excluding steroid dienone is 3. The van der Waals surface area contributed by atoms with E-state index in [0.29, 0.717) is 16.7 Å². The van der Waals surface area contributed by atoms with Crippen LogP contribution in [0.3, 0.4) is 0 Å². The van der Waals surface area contributed by atoms with E-state index in [1.54, 1.807) is 49.4 Å². The molecule has 0 amide bonds. The maximum absolute atomic E-state index is 11.9. The van der Waals surface area contributed by atoms with Crippen molar-refractivity contribution >= 4 is 16.9 Å². The number of aromatic amines is 1. The zero-order valence-corrected chi connectivity index (χ0v) is 11.9. The molecule has 2 rings (SSSR count). The van der Waals surface area contributed by atoms with Crippen LogP contribution in [-0.2, 0) is 9.53 Å². The minimum absolute atomic E-state index is 0.247. The zero-order chi connectivity index (χ0) is 15.2. The van der Waals surface area contributed by atoms with Crippen molar-refractivity contribution in [3.05, 3.63) is 64.7 Å².